The first-order chi connectivity index (χ1) is 11.7. The van der Waals surface area contributed by atoms with Crippen molar-refractivity contribution in [2.45, 2.75) is 38.0 Å². The fourth-order valence-electron chi connectivity index (χ4n) is 2.39. The van der Waals surface area contributed by atoms with E-state index in [0.29, 0.717) is 10.8 Å². The maximum Gasteiger partial charge on any atom is 0.143 e. The zero-order valence-electron chi connectivity index (χ0n) is 15.5. The second-order valence-electron chi connectivity index (χ2n) is 6.99. The highest BCUT2D eigenvalue weighted by Crippen LogP contribution is 2.30. The van der Waals surface area contributed by atoms with Crippen molar-refractivity contribution in [2.24, 2.45) is 11.6 Å². The maximum atomic E-state index is 6.16. The summed E-state index contributed by atoms with van der Waals surface area (Å²) >= 11 is 1.48. The quantitative estimate of drug-likeness (QED) is 0.467. The average Bonchev–Trinajstić information content (AvgIpc) is 2.54. The summed E-state index contributed by atoms with van der Waals surface area (Å²) < 4.78 is 5.37. The molecule has 0 aliphatic carbocycles. The van der Waals surface area contributed by atoms with E-state index in [2.05, 4.69) is 45.0 Å². The Labute approximate surface area is 154 Å². The summed E-state index contributed by atoms with van der Waals surface area (Å²) in [5.74, 6) is 6.86. The number of hydrogen-bond donors (Lipinski definition) is 2. The summed E-state index contributed by atoms with van der Waals surface area (Å²) in [6, 6.07) is 14.3. The first kappa shape index (κ1) is 19.2. The van der Waals surface area contributed by atoms with Gasteiger partial charge >= 0.3 is 0 Å². The molecule has 0 radical (unpaired) electrons. The normalized spacial score (nSPS) is 12.2. The van der Waals surface area contributed by atoms with Gasteiger partial charge in [0.15, 0.2) is 0 Å². The van der Waals surface area contributed by atoms with Gasteiger partial charge in [-0.2, -0.15) is 0 Å². The van der Waals surface area contributed by atoms with Gasteiger partial charge in [-0.1, -0.05) is 50.7 Å². The molecule has 0 fully saturated rings. The molecule has 0 spiro atoms. The lowest BCUT2D eigenvalue weighted by molar-refractivity contribution is 0.415. The molecule has 0 aliphatic heterocycles. The molecule has 0 heterocycles. The van der Waals surface area contributed by atoms with Crippen molar-refractivity contribution in [3.63, 3.8) is 0 Å². The number of hydrazine groups is 1. The summed E-state index contributed by atoms with van der Waals surface area (Å²) in [6.45, 7) is 8.61. The Morgan fingerprint density at radius 3 is 2.32 bits per heavy atom. The van der Waals surface area contributed by atoms with Gasteiger partial charge in [0.25, 0.3) is 0 Å². The van der Waals surface area contributed by atoms with Crippen molar-refractivity contribution in [3.05, 3.63) is 64.8 Å². The van der Waals surface area contributed by atoms with E-state index >= 15 is 0 Å². The van der Waals surface area contributed by atoms with E-state index in [1.807, 2.05) is 25.1 Å². The third-order valence-electron chi connectivity index (χ3n) is 3.83. The predicted octanol–water partition coefficient (Wildman–Crippen LogP) is 4.53. The van der Waals surface area contributed by atoms with Crippen molar-refractivity contribution in [1.82, 2.24) is 0 Å². The molecule has 0 amide bonds. The van der Waals surface area contributed by atoms with Crippen molar-refractivity contribution in [2.75, 3.05) is 12.1 Å². The van der Waals surface area contributed by atoms with Gasteiger partial charge in [0.1, 0.15) is 5.75 Å². The number of nitrogens with two attached hydrogens (primary N) is 2. The molecule has 0 bridgehead atoms. The molecule has 0 unspecified atom stereocenters. The number of thioether (sulfide) groups is 1. The SMILES string of the molecule is COc1ccc(C)cc1N(N)/C=C(\N)Sc1ccc(C(C)(C)C)cc1. The minimum absolute atomic E-state index is 0.139. The molecule has 0 saturated carbocycles. The number of ether oxygens (including phenoxy) is 1. The van der Waals surface area contributed by atoms with Crippen LogP contribution in [-0.4, -0.2) is 7.11 Å². The number of hydrogen-bond acceptors (Lipinski definition) is 5. The van der Waals surface area contributed by atoms with Crippen molar-refractivity contribution < 1.29 is 4.74 Å². The molecule has 4 N–H and O–H groups in total. The summed E-state index contributed by atoms with van der Waals surface area (Å²) in [6.07, 6.45) is 1.71. The van der Waals surface area contributed by atoms with E-state index in [-0.39, 0.29) is 5.41 Å². The fourth-order valence-corrected chi connectivity index (χ4v) is 3.10. The van der Waals surface area contributed by atoms with Crippen LogP contribution in [0.2, 0.25) is 0 Å². The molecule has 25 heavy (non-hydrogen) atoms. The zero-order valence-corrected chi connectivity index (χ0v) is 16.4. The Morgan fingerprint density at radius 2 is 1.76 bits per heavy atom. The summed E-state index contributed by atoms with van der Waals surface area (Å²) in [4.78, 5) is 1.08. The van der Waals surface area contributed by atoms with Crippen LogP contribution in [-0.2, 0) is 5.41 Å². The van der Waals surface area contributed by atoms with Gasteiger partial charge in [-0.05, 0) is 47.7 Å². The third kappa shape index (κ3) is 5.18. The number of rotatable bonds is 5. The number of methoxy groups -OCH3 is 1. The highest BCUT2D eigenvalue weighted by Gasteiger charge is 2.13. The first-order valence-electron chi connectivity index (χ1n) is 8.15. The van der Waals surface area contributed by atoms with Crippen LogP contribution in [0, 0.1) is 6.92 Å². The monoisotopic (exact) mass is 357 g/mol. The fraction of sp³-hybridized carbons (Fsp3) is 0.300. The Balaban J connectivity index is 2.14. The van der Waals surface area contributed by atoms with Crippen LogP contribution in [0.1, 0.15) is 31.9 Å². The van der Waals surface area contributed by atoms with E-state index in [4.69, 9.17) is 16.3 Å². The van der Waals surface area contributed by atoms with Crippen molar-refractivity contribution >= 4 is 17.4 Å². The van der Waals surface area contributed by atoms with Gasteiger partial charge in [-0.15, -0.1) is 0 Å². The molecular weight excluding hydrogens is 330 g/mol. The number of benzene rings is 2. The largest absolute Gasteiger partial charge is 0.495 e. The summed E-state index contributed by atoms with van der Waals surface area (Å²) in [5.41, 5.74) is 9.47. The molecule has 134 valence electrons. The molecule has 4 nitrogen and oxygen atoms in total. The van der Waals surface area contributed by atoms with E-state index in [0.717, 1.165) is 16.1 Å². The molecule has 2 aromatic carbocycles. The maximum absolute atomic E-state index is 6.16. The Bertz CT molecular complexity index is 749. The third-order valence-corrected chi connectivity index (χ3v) is 4.68. The number of aryl methyl sites for hydroxylation is 1. The summed E-state index contributed by atoms with van der Waals surface area (Å²) in [7, 11) is 1.63. The van der Waals surface area contributed by atoms with Crippen LogP contribution in [0.3, 0.4) is 0 Å². The van der Waals surface area contributed by atoms with Crippen LogP contribution < -0.4 is 21.3 Å². The molecule has 0 aliphatic rings. The van der Waals surface area contributed by atoms with Crippen LogP contribution >= 0.6 is 11.8 Å². The second kappa shape index (κ2) is 7.85. The molecule has 2 aromatic rings. The molecule has 2 rings (SSSR count). The lowest BCUT2D eigenvalue weighted by atomic mass is 9.87. The Hall–Kier alpha value is -2.11. The highest BCUT2D eigenvalue weighted by molar-refractivity contribution is 8.03. The standard InChI is InChI=1S/C20H27N3OS/c1-14-6-11-18(24-5)17(12-14)23(22)13-19(21)25-16-9-7-15(8-10-16)20(2,3)4/h6-13H,21-22H2,1-5H3/b19-13+. The van der Waals surface area contributed by atoms with Crippen LogP contribution in [0.5, 0.6) is 5.75 Å². The topological polar surface area (TPSA) is 64.5 Å². The van der Waals surface area contributed by atoms with Crippen LogP contribution in [0.25, 0.3) is 0 Å². The van der Waals surface area contributed by atoms with Crippen molar-refractivity contribution in [1.29, 1.82) is 0 Å². The van der Waals surface area contributed by atoms with Gasteiger partial charge < -0.3 is 10.5 Å². The Kier molecular flexibility index (Phi) is 6.03. The van der Waals surface area contributed by atoms with Crippen LogP contribution in [0.15, 0.2) is 58.6 Å². The molecular formula is C20H27N3OS. The molecule has 0 atom stereocenters. The van der Waals surface area contributed by atoms with Gasteiger partial charge in [-0.25, -0.2) is 5.84 Å². The lowest BCUT2D eigenvalue weighted by Gasteiger charge is -2.19. The molecule has 0 saturated heterocycles. The Morgan fingerprint density at radius 1 is 1.12 bits per heavy atom. The van der Waals surface area contributed by atoms with E-state index < -0.39 is 0 Å². The molecule has 0 aromatic heterocycles. The van der Waals surface area contributed by atoms with Gasteiger partial charge in [-0.3, -0.25) is 5.01 Å². The van der Waals surface area contributed by atoms with Crippen molar-refractivity contribution in [3.8, 4) is 5.75 Å². The minimum atomic E-state index is 0.139. The number of anilines is 1. The van der Waals surface area contributed by atoms with E-state index in [1.165, 1.54) is 22.3 Å². The van der Waals surface area contributed by atoms with E-state index in [1.54, 1.807) is 13.3 Å². The second-order valence-corrected chi connectivity index (χ2v) is 8.14. The van der Waals surface area contributed by atoms with Gasteiger partial charge in [0.05, 0.1) is 24.0 Å². The van der Waals surface area contributed by atoms with E-state index in [9.17, 15) is 0 Å². The van der Waals surface area contributed by atoms with Gasteiger partial charge in [0, 0.05) is 4.90 Å². The predicted molar refractivity (Wildman–Crippen MR) is 108 cm³/mol. The average molecular weight is 358 g/mol. The highest BCUT2D eigenvalue weighted by atomic mass is 32.2. The van der Waals surface area contributed by atoms with Crippen LogP contribution in [0.4, 0.5) is 5.69 Å². The zero-order chi connectivity index (χ0) is 18.6. The lowest BCUT2D eigenvalue weighted by Crippen LogP contribution is -2.26. The minimum Gasteiger partial charge on any atom is -0.495 e. The van der Waals surface area contributed by atoms with Gasteiger partial charge in [0.2, 0.25) is 0 Å². The smallest absolute Gasteiger partial charge is 0.143 e. The molecule has 5 heteroatoms. The number of nitrogens with zero attached hydrogens (tertiary/aromatic N) is 1. The first-order valence-corrected chi connectivity index (χ1v) is 8.96. The summed E-state index contributed by atoms with van der Waals surface area (Å²) in [5, 5.41) is 2.10.